The minimum atomic E-state index is -0.725. The zero-order valence-corrected chi connectivity index (χ0v) is 18.0. The van der Waals surface area contributed by atoms with E-state index in [9.17, 15) is 24.6 Å². The van der Waals surface area contributed by atoms with Crippen LogP contribution in [-0.4, -0.2) is 10.8 Å². The molecule has 0 heterocycles. The molecule has 0 atom stereocenters. The minimum absolute atomic E-state index is 0.157. The number of carbonyl (C=O) groups excluding carboxylic acids is 1. The Balaban J connectivity index is 1.82. The molecule has 0 unspecified atom stereocenters. The summed E-state index contributed by atoms with van der Waals surface area (Å²) in [4.78, 5) is 22.9. The number of non-ortho nitro benzene ring substituents is 1. The third-order valence-corrected chi connectivity index (χ3v) is 4.75. The van der Waals surface area contributed by atoms with Gasteiger partial charge in [0.25, 0.3) is 11.6 Å². The van der Waals surface area contributed by atoms with Gasteiger partial charge in [-0.2, -0.15) is 5.26 Å². The highest BCUT2D eigenvalue weighted by Gasteiger charge is 2.14. The summed E-state index contributed by atoms with van der Waals surface area (Å²) >= 11 is 3.35. The summed E-state index contributed by atoms with van der Waals surface area (Å²) in [6.07, 6.45) is 1.36. The third kappa shape index (κ3) is 6.00. The highest BCUT2D eigenvalue weighted by molar-refractivity contribution is 9.10. The zero-order chi connectivity index (χ0) is 23.1. The summed E-state index contributed by atoms with van der Waals surface area (Å²) in [5.74, 6) is -0.666. The number of nitro benzene ring substituents is 1. The number of hydrogen-bond acceptors (Lipinski definition) is 5. The van der Waals surface area contributed by atoms with Crippen molar-refractivity contribution in [1.29, 1.82) is 5.26 Å². The van der Waals surface area contributed by atoms with Crippen LogP contribution in [0.1, 0.15) is 11.1 Å². The van der Waals surface area contributed by atoms with Crippen LogP contribution in [0.3, 0.4) is 0 Å². The van der Waals surface area contributed by atoms with Crippen LogP contribution >= 0.6 is 15.9 Å². The van der Waals surface area contributed by atoms with Crippen molar-refractivity contribution in [1.82, 2.24) is 0 Å². The van der Waals surface area contributed by atoms with E-state index in [1.165, 1.54) is 42.5 Å². The van der Waals surface area contributed by atoms with Crippen molar-refractivity contribution in [3.8, 4) is 11.8 Å². The monoisotopic (exact) mass is 495 g/mol. The number of nitriles is 1. The molecule has 7 nitrogen and oxygen atoms in total. The Morgan fingerprint density at radius 3 is 2.62 bits per heavy atom. The van der Waals surface area contributed by atoms with E-state index in [2.05, 4.69) is 21.2 Å². The summed E-state index contributed by atoms with van der Waals surface area (Å²) in [5.41, 5.74) is 0.989. The van der Waals surface area contributed by atoms with Crippen LogP contribution in [0.25, 0.3) is 6.08 Å². The molecular weight excluding hydrogens is 481 g/mol. The summed E-state index contributed by atoms with van der Waals surface area (Å²) < 4.78 is 19.6. The molecule has 32 heavy (non-hydrogen) atoms. The van der Waals surface area contributed by atoms with Gasteiger partial charge < -0.3 is 10.1 Å². The van der Waals surface area contributed by atoms with E-state index < -0.39 is 10.8 Å². The van der Waals surface area contributed by atoms with E-state index in [1.54, 1.807) is 30.3 Å². The van der Waals surface area contributed by atoms with Gasteiger partial charge >= 0.3 is 0 Å². The van der Waals surface area contributed by atoms with Crippen molar-refractivity contribution < 1.29 is 18.8 Å². The van der Waals surface area contributed by atoms with Gasteiger partial charge in [0.1, 0.15) is 29.8 Å². The molecule has 0 saturated carbocycles. The maximum Gasteiger partial charge on any atom is 0.271 e. The summed E-state index contributed by atoms with van der Waals surface area (Å²) in [5, 5.41) is 22.9. The van der Waals surface area contributed by atoms with Crippen LogP contribution in [0.4, 0.5) is 15.8 Å². The zero-order valence-electron chi connectivity index (χ0n) is 16.4. The average Bonchev–Trinajstić information content (AvgIpc) is 2.78. The number of anilines is 1. The smallest absolute Gasteiger partial charge is 0.271 e. The maximum atomic E-state index is 13.1. The molecule has 0 aliphatic rings. The lowest BCUT2D eigenvalue weighted by atomic mass is 10.1. The highest BCUT2D eigenvalue weighted by Crippen LogP contribution is 2.27. The van der Waals surface area contributed by atoms with E-state index >= 15 is 0 Å². The fraction of sp³-hybridized carbons (Fsp3) is 0.0435. The van der Waals surface area contributed by atoms with Gasteiger partial charge in [-0.05, 0) is 48.0 Å². The molecule has 0 aliphatic heterocycles. The second-order valence-electron chi connectivity index (χ2n) is 6.53. The largest absolute Gasteiger partial charge is 0.488 e. The van der Waals surface area contributed by atoms with E-state index in [1.807, 2.05) is 6.07 Å². The lowest BCUT2D eigenvalue weighted by molar-refractivity contribution is -0.384. The van der Waals surface area contributed by atoms with Crippen molar-refractivity contribution in [3.05, 3.63) is 104 Å². The molecule has 0 bridgehead atoms. The topological polar surface area (TPSA) is 105 Å². The number of nitrogens with zero attached hydrogens (tertiary/aromatic N) is 2. The SMILES string of the molecule is N#CC(=Cc1cc(Br)ccc1OCc1ccc(F)cc1)C(=O)Nc1cccc([N+](=O)[O-])c1. The molecule has 0 spiro atoms. The van der Waals surface area contributed by atoms with E-state index in [0.29, 0.717) is 15.8 Å². The van der Waals surface area contributed by atoms with Crippen LogP contribution in [0.15, 0.2) is 76.8 Å². The number of benzene rings is 3. The second-order valence-corrected chi connectivity index (χ2v) is 7.44. The number of nitro groups is 1. The van der Waals surface area contributed by atoms with Gasteiger partial charge in [0.15, 0.2) is 0 Å². The third-order valence-electron chi connectivity index (χ3n) is 4.26. The quantitative estimate of drug-likeness (QED) is 0.198. The molecule has 160 valence electrons. The number of halogens is 2. The summed E-state index contributed by atoms with van der Waals surface area (Å²) in [6, 6.07) is 18.2. The predicted octanol–water partition coefficient (Wildman–Crippen LogP) is 5.62. The Bertz CT molecular complexity index is 1240. The van der Waals surface area contributed by atoms with Crippen molar-refractivity contribution in [3.63, 3.8) is 0 Å². The van der Waals surface area contributed by atoms with Crippen molar-refractivity contribution in [2.75, 3.05) is 5.32 Å². The molecule has 3 rings (SSSR count). The fourth-order valence-electron chi connectivity index (χ4n) is 2.71. The summed E-state index contributed by atoms with van der Waals surface area (Å²) in [6.45, 7) is 0.157. The lowest BCUT2D eigenvalue weighted by Crippen LogP contribution is -2.13. The average molecular weight is 496 g/mol. The Morgan fingerprint density at radius 2 is 1.94 bits per heavy atom. The van der Waals surface area contributed by atoms with Gasteiger partial charge in [0, 0.05) is 27.9 Å². The van der Waals surface area contributed by atoms with Crippen LogP contribution in [-0.2, 0) is 11.4 Å². The first-order chi connectivity index (χ1) is 15.4. The van der Waals surface area contributed by atoms with Crippen molar-refractivity contribution in [2.24, 2.45) is 0 Å². The number of nitrogens with one attached hydrogen (secondary N) is 1. The van der Waals surface area contributed by atoms with Gasteiger partial charge in [-0.3, -0.25) is 14.9 Å². The van der Waals surface area contributed by atoms with Crippen molar-refractivity contribution in [2.45, 2.75) is 6.61 Å². The fourth-order valence-corrected chi connectivity index (χ4v) is 3.08. The molecule has 3 aromatic carbocycles. The van der Waals surface area contributed by atoms with E-state index in [-0.39, 0.29) is 29.4 Å². The molecule has 1 amide bonds. The Labute approximate surface area is 191 Å². The number of amides is 1. The summed E-state index contributed by atoms with van der Waals surface area (Å²) in [7, 11) is 0. The molecule has 0 aromatic heterocycles. The molecule has 0 aliphatic carbocycles. The number of hydrogen-bond donors (Lipinski definition) is 1. The minimum Gasteiger partial charge on any atom is -0.488 e. The number of ether oxygens (including phenoxy) is 1. The Hall–Kier alpha value is -4.03. The molecular formula is C23H15BrFN3O4. The lowest BCUT2D eigenvalue weighted by Gasteiger charge is -2.11. The number of rotatable bonds is 7. The number of carbonyl (C=O) groups is 1. The van der Waals surface area contributed by atoms with Crippen LogP contribution in [0.5, 0.6) is 5.75 Å². The standard InChI is InChI=1S/C23H15BrFN3O4/c24-18-6-9-22(32-14-15-4-7-19(25)8-5-15)16(11-18)10-17(13-26)23(29)27-20-2-1-3-21(12-20)28(30)31/h1-12H,14H2,(H,27,29). The molecule has 0 saturated heterocycles. The molecule has 3 aromatic rings. The highest BCUT2D eigenvalue weighted by atomic mass is 79.9. The van der Waals surface area contributed by atoms with Crippen molar-refractivity contribution >= 4 is 39.3 Å². The first kappa shape index (κ1) is 22.7. The molecule has 9 heteroatoms. The van der Waals surface area contributed by atoms with Crippen LogP contribution < -0.4 is 10.1 Å². The first-order valence-corrected chi connectivity index (χ1v) is 9.99. The van der Waals surface area contributed by atoms with E-state index in [4.69, 9.17) is 4.74 Å². The van der Waals surface area contributed by atoms with Crippen LogP contribution in [0.2, 0.25) is 0 Å². The van der Waals surface area contributed by atoms with Gasteiger partial charge in [0.2, 0.25) is 0 Å². The van der Waals surface area contributed by atoms with Gasteiger partial charge in [-0.25, -0.2) is 4.39 Å². The molecule has 0 fully saturated rings. The van der Waals surface area contributed by atoms with Crippen LogP contribution in [0, 0.1) is 27.3 Å². The van der Waals surface area contributed by atoms with Gasteiger partial charge in [0.05, 0.1) is 4.92 Å². The molecule has 1 N–H and O–H groups in total. The van der Waals surface area contributed by atoms with Gasteiger partial charge in [-0.1, -0.05) is 34.1 Å². The normalized spacial score (nSPS) is 10.8. The first-order valence-electron chi connectivity index (χ1n) is 9.20. The Morgan fingerprint density at radius 1 is 1.19 bits per heavy atom. The maximum absolute atomic E-state index is 13.1. The van der Waals surface area contributed by atoms with Gasteiger partial charge in [-0.15, -0.1) is 0 Å². The molecule has 0 radical (unpaired) electrons. The predicted molar refractivity (Wildman–Crippen MR) is 120 cm³/mol. The van der Waals surface area contributed by atoms with E-state index in [0.717, 1.165) is 5.56 Å². The second kappa shape index (κ2) is 10.3. The Kier molecular flexibility index (Phi) is 7.31.